The lowest BCUT2D eigenvalue weighted by Gasteiger charge is -2.22. The molecule has 0 bridgehead atoms. The Kier molecular flexibility index (Phi) is 4.25. The molecule has 8 heteroatoms. The van der Waals surface area contributed by atoms with Crippen LogP contribution in [0.2, 0.25) is 0 Å². The molecule has 3 heterocycles. The number of nitrogens with zero attached hydrogens (tertiary/aromatic N) is 3. The van der Waals surface area contributed by atoms with Gasteiger partial charge in [0.2, 0.25) is 10.9 Å². The van der Waals surface area contributed by atoms with E-state index in [-0.39, 0.29) is 16.8 Å². The van der Waals surface area contributed by atoms with E-state index in [9.17, 15) is 14.0 Å². The minimum absolute atomic E-state index is 0.0149. The first-order valence-corrected chi connectivity index (χ1v) is 10.3. The Morgan fingerprint density at radius 2 is 1.90 bits per heavy atom. The van der Waals surface area contributed by atoms with Crippen molar-refractivity contribution in [2.24, 2.45) is 0 Å². The van der Waals surface area contributed by atoms with E-state index < -0.39 is 17.8 Å². The summed E-state index contributed by atoms with van der Waals surface area (Å²) in [7, 11) is 0. The molecule has 0 spiro atoms. The molecule has 2 aromatic heterocycles. The molecule has 150 valence electrons. The fraction of sp³-hybridized carbons (Fsp3) is 0.182. The van der Waals surface area contributed by atoms with Crippen LogP contribution in [0, 0.1) is 12.7 Å². The molecule has 1 atom stereocenters. The topological polar surface area (TPSA) is 76.3 Å². The van der Waals surface area contributed by atoms with Gasteiger partial charge in [0, 0.05) is 0 Å². The smallest absolute Gasteiger partial charge is 0.297 e. The number of halogens is 1. The standard InChI is InChI=1S/C22H16FN3O3S/c1-3-16-24-25-22(30-16)26-18(12-5-7-13(23)8-6-12)17-19(27)14-10-11(2)4-9-15(14)29-20(17)21(26)28/h4-10,18H,3H2,1-2H3/t18-/m0/s1. The van der Waals surface area contributed by atoms with Crippen molar-refractivity contribution in [3.05, 3.63) is 86.0 Å². The van der Waals surface area contributed by atoms with Crippen molar-refractivity contribution in [1.82, 2.24) is 10.2 Å². The highest BCUT2D eigenvalue weighted by atomic mass is 32.1. The van der Waals surface area contributed by atoms with Crippen LogP contribution in [0.5, 0.6) is 0 Å². The van der Waals surface area contributed by atoms with E-state index in [4.69, 9.17) is 4.42 Å². The summed E-state index contributed by atoms with van der Waals surface area (Å²) in [5, 5.41) is 9.83. The number of carbonyl (C=O) groups is 1. The van der Waals surface area contributed by atoms with Gasteiger partial charge in [-0.2, -0.15) is 0 Å². The fourth-order valence-electron chi connectivity index (χ4n) is 3.73. The van der Waals surface area contributed by atoms with Crippen molar-refractivity contribution in [2.75, 3.05) is 4.90 Å². The maximum absolute atomic E-state index is 13.6. The first-order chi connectivity index (χ1) is 14.5. The Morgan fingerprint density at radius 3 is 2.60 bits per heavy atom. The van der Waals surface area contributed by atoms with Gasteiger partial charge in [0.1, 0.15) is 16.4 Å². The van der Waals surface area contributed by atoms with Crippen LogP contribution in [0.1, 0.15) is 45.2 Å². The molecule has 0 saturated carbocycles. The SMILES string of the molecule is CCc1nnc(N2C(=O)c3oc4ccc(C)cc4c(=O)c3[C@@H]2c2ccc(F)cc2)s1. The van der Waals surface area contributed by atoms with Gasteiger partial charge in [-0.25, -0.2) is 4.39 Å². The number of benzene rings is 2. The zero-order valence-electron chi connectivity index (χ0n) is 16.2. The molecule has 1 aliphatic rings. The van der Waals surface area contributed by atoms with Gasteiger partial charge in [0.15, 0.2) is 5.43 Å². The summed E-state index contributed by atoms with van der Waals surface area (Å²) in [5.41, 5.74) is 1.81. The van der Waals surface area contributed by atoms with Gasteiger partial charge >= 0.3 is 0 Å². The Labute approximate surface area is 174 Å². The average Bonchev–Trinajstić information content (AvgIpc) is 3.32. The Morgan fingerprint density at radius 1 is 1.13 bits per heavy atom. The Balaban J connectivity index is 1.80. The molecule has 0 aliphatic carbocycles. The molecule has 6 nitrogen and oxygen atoms in total. The van der Waals surface area contributed by atoms with Crippen molar-refractivity contribution in [3.8, 4) is 0 Å². The van der Waals surface area contributed by atoms with E-state index >= 15 is 0 Å². The number of amides is 1. The summed E-state index contributed by atoms with van der Waals surface area (Å²) in [6, 6.07) is 10.2. The molecule has 1 aliphatic heterocycles. The van der Waals surface area contributed by atoms with E-state index in [0.29, 0.717) is 28.1 Å². The molecule has 0 fully saturated rings. The summed E-state index contributed by atoms with van der Waals surface area (Å²) in [5.74, 6) is -0.878. The number of hydrogen-bond donors (Lipinski definition) is 0. The van der Waals surface area contributed by atoms with Crippen LogP contribution in [0.3, 0.4) is 0 Å². The van der Waals surface area contributed by atoms with Gasteiger partial charge in [0.25, 0.3) is 5.91 Å². The van der Waals surface area contributed by atoms with E-state index in [1.165, 1.54) is 28.4 Å². The zero-order valence-corrected chi connectivity index (χ0v) is 17.0. The van der Waals surface area contributed by atoms with Gasteiger partial charge in [0.05, 0.1) is 17.0 Å². The summed E-state index contributed by atoms with van der Waals surface area (Å²) in [6.45, 7) is 3.83. The highest BCUT2D eigenvalue weighted by molar-refractivity contribution is 7.15. The summed E-state index contributed by atoms with van der Waals surface area (Å²) in [6.07, 6.45) is 0.675. The average molecular weight is 421 g/mol. The number of aromatic nitrogens is 2. The number of fused-ring (bicyclic) bond motifs is 2. The van der Waals surface area contributed by atoms with E-state index in [2.05, 4.69) is 10.2 Å². The van der Waals surface area contributed by atoms with Crippen LogP contribution >= 0.6 is 11.3 Å². The van der Waals surface area contributed by atoms with Crippen LogP contribution < -0.4 is 10.3 Å². The second-order valence-electron chi connectivity index (χ2n) is 7.13. The molecule has 0 unspecified atom stereocenters. The molecule has 0 saturated heterocycles. The second-order valence-corrected chi connectivity index (χ2v) is 8.18. The molecule has 1 amide bonds. The quantitative estimate of drug-likeness (QED) is 0.490. The Hall–Kier alpha value is -3.39. The third-order valence-corrected chi connectivity index (χ3v) is 6.24. The number of rotatable bonds is 3. The molecule has 0 radical (unpaired) electrons. The van der Waals surface area contributed by atoms with Gasteiger partial charge in [-0.15, -0.1) is 10.2 Å². The maximum Gasteiger partial charge on any atom is 0.297 e. The third kappa shape index (κ3) is 2.75. The van der Waals surface area contributed by atoms with Crippen molar-refractivity contribution in [3.63, 3.8) is 0 Å². The minimum Gasteiger partial charge on any atom is -0.450 e. The van der Waals surface area contributed by atoms with Crippen LogP contribution in [-0.4, -0.2) is 16.1 Å². The van der Waals surface area contributed by atoms with Crippen molar-refractivity contribution in [1.29, 1.82) is 0 Å². The van der Waals surface area contributed by atoms with Gasteiger partial charge in [-0.1, -0.05) is 42.0 Å². The summed E-state index contributed by atoms with van der Waals surface area (Å²) < 4.78 is 19.5. The highest BCUT2D eigenvalue weighted by Gasteiger charge is 2.45. The maximum atomic E-state index is 13.6. The van der Waals surface area contributed by atoms with E-state index in [1.807, 2.05) is 19.9 Å². The molecule has 0 N–H and O–H groups in total. The number of anilines is 1. The molecule has 2 aromatic carbocycles. The van der Waals surface area contributed by atoms with Crippen LogP contribution in [0.4, 0.5) is 9.52 Å². The lowest BCUT2D eigenvalue weighted by Crippen LogP contribution is -2.29. The molecule has 4 aromatic rings. The highest BCUT2D eigenvalue weighted by Crippen LogP contribution is 2.42. The summed E-state index contributed by atoms with van der Waals surface area (Å²) >= 11 is 1.28. The molecular formula is C22H16FN3O3S. The van der Waals surface area contributed by atoms with Gasteiger partial charge in [-0.05, 0) is 43.2 Å². The molecule has 30 heavy (non-hydrogen) atoms. The monoisotopic (exact) mass is 421 g/mol. The number of aryl methyl sites for hydroxylation is 2. The fourth-order valence-corrected chi connectivity index (χ4v) is 4.53. The van der Waals surface area contributed by atoms with Gasteiger partial charge < -0.3 is 4.42 Å². The van der Waals surface area contributed by atoms with Crippen molar-refractivity contribution in [2.45, 2.75) is 26.3 Å². The van der Waals surface area contributed by atoms with Crippen LogP contribution in [0.25, 0.3) is 11.0 Å². The third-order valence-electron chi connectivity index (χ3n) is 5.18. The predicted octanol–water partition coefficient (Wildman–Crippen LogP) is 4.40. The molecular weight excluding hydrogens is 405 g/mol. The number of hydrogen-bond acceptors (Lipinski definition) is 6. The molecule has 5 rings (SSSR count). The van der Waals surface area contributed by atoms with E-state index in [1.54, 1.807) is 24.3 Å². The first kappa shape index (κ1) is 18.6. The van der Waals surface area contributed by atoms with Crippen molar-refractivity contribution < 1.29 is 13.6 Å². The minimum atomic E-state index is -0.771. The van der Waals surface area contributed by atoms with Crippen molar-refractivity contribution >= 4 is 33.3 Å². The lowest BCUT2D eigenvalue weighted by atomic mass is 9.98. The van der Waals surface area contributed by atoms with Crippen LogP contribution in [0.15, 0.2) is 51.7 Å². The second kappa shape index (κ2) is 6.84. The summed E-state index contributed by atoms with van der Waals surface area (Å²) in [4.78, 5) is 28.2. The predicted molar refractivity (Wildman–Crippen MR) is 112 cm³/mol. The first-order valence-electron chi connectivity index (χ1n) is 9.46. The largest absolute Gasteiger partial charge is 0.450 e. The van der Waals surface area contributed by atoms with Crippen LogP contribution in [-0.2, 0) is 6.42 Å². The normalized spacial score (nSPS) is 15.8. The lowest BCUT2D eigenvalue weighted by molar-refractivity contribution is 0.0970. The Bertz CT molecular complexity index is 1360. The van der Waals surface area contributed by atoms with Gasteiger partial charge in [-0.3, -0.25) is 14.5 Å². The zero-order chi connectivity index (χ0) is 21.0. The van der Waals surface area contributed by atoms with E-state index in [0.717, 1.165) is 10.6 Å². The number of carbonyl (C=O) groups excluding carboxylic acids is 1.